The Morgan fingerprint density at radius 3 is 2.48 bits per heavy atom. The fraction of sp³-hybridized carbons (Fsp3) is 0.773. The van der Waals surface area contributed by atoms with Gasteiger partial charge in [0.1, 0.15) is 12.1 Å². The number of anilines is 1. The minimum Gasteiger partial charge on any atom is -0.356 e. The Hall–Kier alpha value is -1.65. The number of carbonyl (C=O) groups excluding carboxylic acids is 1. The molecule has 27 heavy (non-hydrogen) atoms. The van der Waals surface area contributed by atoms with Gasteiger partial charge in [0.2, 0.25) is 5.91 Å². The average molecular weight is 369 g/mol. The highest BCUT2D eigenvalue weighted by molar-refractivity contribution is 5.76. The van der Waals surface area contributed by atoms with Crippen molar-refractivity contribution in [2.75, 3.05) is 31.1 Å². The van der Waals surface area contributed by atoms with Gasteiger partial charge in [-0.2, -0.15) is 0 Å². The highest BCUT2D eigenvalue weighted by Gasteiger charge is 2.38. The standard InChI is InChI=1S/C22H32N4O/c27-21(26-13-17-4-3-5-18(17)14-26)12-16-8-10-25(11-9-16)22-19-6-1-2-7-20(19)23-15-24-22/h15-18H,1-14H2. The summed E-state index contributed by atoms with van der Waals surface area (Å²) in [6.07, 6.45) is 13.6. The molecule has 2 atom stereocenters. The second kappa shape index (κ2) is 7.40. The molecule has 2 unspecified atom stereocenters. The van der Waals surface area contributed by atoms with Gasteiger partial charge in [0.15, 0.2) is 0 Å². The smallest absolute Gasteiger partial charge is 0.222 e. The van der Waals surface area contributed by atoms with Gasteiger partial charge in [0, 0.05) is 43.9 Å². The van der Waals surface area contributed by atoms with Crippen LogP contribution in [-0.4, -0.2) is 47.0 Å². The van der Waals surface area contributed by atoms with Gasteiger partial charge >= 0.3 is 0 Å². The van der Waals surface area contributed by atoms with E-state index in [1.54, 1.807) is 6.33 Å². The van der Waals surface area contributed by atoms with Crippen molar-refractivity contribution in [1.29, 1.82) is 0 Å². The largest absolute Gasteiger partial charge is 0.356 e. The lowest BCUT2D eigenvalue weighted by Crippen LogP contribution is -2.38. The first-order chi connectivity index (χ1) is 13.3. The van der Waals surface area contributed by atoms with Crippen molar-refractivity contribution in [1.82, 2.24) is 14.9 Å². The summed E-state index contributed by atoms with van der Waals surface area (Å²) in [5, 5.41) is 0. The molecule has 5 rings (SSSR count). The van der Waals surface area contributed by atoms with Gasteiger partial charge in [-0.25, -0.2) is 9.97 Å². The van der Waals surface area contributed by atoms with Gasteiger partial charge in [0.05, 0.1) is 0 Å². The molecule has 0 N–H and O–H groups in total. The molecular formula is C22H32N4O. The summed E-state index contributed by atoms with van der Waals surface area (Å²) >= 11 is 0. The monoisotopic (exact) mass is 368 g/mol. The van der Waals surface area contributed by atoms with E-state index in [-0.39, 0.29) is 0 Å². The number of aryl methyl sites for hydroxylation is 1. The number of fused-ring (bicyclic) bond motifs is 2. The van der Waals surface area contributed by atoms with E-state index >= 15 is 0 Å². The van der Waals surface area contributed by atoms with Crippen LogP contribution in [-0.2, 0) is 17.6 Å². The first-order valence-corrected chi connectivity index (χ1v) is 11.1. The lowest BCUT2D eigenvalue weighted by molar-refractivity contribution is -0.131. The van der Waals surface area contributed by atoms with Crippen LogP contribution in [0.1, 0.15) is 62.6 Å². The predicted octanol–water partition coefficient (Wildman–Crippen LogP) is 3.22. The summed E-state index contributed by atoms with van der Waals surface area (Å²) in [5.74, 6) is 3.76. The number of hydrogen-bond acceptors (Lipinski definition) is 4. The SMILES string of the molecule is O=C(CC1CCN(c2ncnc3c2CCCC3)CC1)N1CC2CCCC2C1. The van der Waals surface area contributed by atoms with Crippen molar-refractivity contribution < 1.29 is 4.79 Å². The molecule has 0 spiro atoms. The lowest BCUT2D eigenvalue weighted by atomic mass is 9.91. The Bertz CT molecular complexity index is 686. The van der Waals surface area contributed by atoms with Gasteiger partial charge in [-0.3, -0.25) is 4.79 Å². The van der Waals surface area contributed by atoms with Gasteiger partial charge in [-0.1, -0.05) is 6.42 Å². The fourth-order valence-electron chi connectivity index (χ4n) is 5.94. The molecular weight excluding hydrogens is 336 g/mol. The summed E-state index contributed by atoms with van der Waals surface area (Å²) < 4.78 is 0. The molecule has 146 valence electrons. The molecule has 5 nitrogen and oxygen atoms in total. The third-order valence-electron chi connectivity index (χ3n) is 7.56. The minimum absolute atomic E-state index is 0.419. The molecule has 1 aromatic rings. The van der Waals surface area contributed by atoms with E-state index in [2.05, 4.69) is 19.8 Å². The molecule has 0 radical (unpaired) electrons. The van der Waals surface area contributed by atoms with Crippen LogP contribution < -0.4 is 4.90 Å². The van der Waals surface area contributed by atoms with Crippen LogP contribution >= 0.6 is 0 Å². The van der Waals surface area contributed by atoms with Crippen molar-refractivity contribution >= 4 is 11.7 Å². The van der Waals surface area contributed by atoms with E-state index in [9.17, 15) is 4.79 Å². The summed E-state index contributed by atoms with van der Waals surface area (Å²) in [4.78, 5) is 26.6. The summed E-state index contributed by atoms with van der Waals surface area (Å²) in [7, 11) is 0. The number of amides is 1. The molecule has 2 saturated heterocycles. The zero-order valence-corrected chi connectivity index (χ0v) is 16.4. The maximum absolute atomic E-state index is 12.8. The first kappa shape index (κ1) is 17.4. The third kappa shape index (κ3) is 3.45. The van der Waals surface area contributed by atoms with Crippen LogP contribution in [0, 0.1) is 17.8 Å². The summed E-state index contributed by atoms with van der Waals surface area (Å²) in [6.45, 7) is 4.14. The Kier molecular flexibility index (Phi) is 4.78. The van der Waals surface area contributed by atoms with E-state index in [0.29, 0.717) is 11.8 Å². The van der Waals surface area contributed by atoms with Gasteiger partial charge in [-0.05, 0) is 69.1 Å². The van der Waals surface area contributed by atoms with Crippen LogP contribution in [0.3, 0.4) is 0 Å². The molecule has 1 saturated carbocycles. The first-order valence-electron chi connectivity index (χ1n) is 11.1. The van der Waals surface area contributed by atoms with E-state index in [1.165, 1.54) is 49.2 Å². The van der Waals surface area contributed by atoms with Crippen LogP contribution in [0.15, 0.2) is 6.33 Å². The number of nitrogens with zero attached hydrogens (tertiary/aromatic N) is 4. The summed E-state index contributed by atoms with van der Waals surface area (Å²) in [5.41, 5.74) is 2.66. The van der Waals surface area contributed by atoms with Crippen LogP contribution in [0.4, 0.5) is 5.82 Å². The molecule has 4 aliphatic rings. The molecule has 0 aromatic carbocycles. The predicted molar refractivity (Wildman–Crippen MR) is 106 cm³/mol. The molecule has 3 heterocycles. The lowest BCUT2D eigenvalue weighted by Gasteiger charge is -2.35. The van der Waals surface area contributed by atoms with Crippen molar-refractivity contribution in [3.8, 4) is 0 Å². The minimum atomic E-state index is 0.419. The average Bonchev–Trinajstić information content (AvgIpc) is 3.30. The Balaban J connectivity index is 1.16. The van der Waals surface area contributed by atoms with E-state index < -0.39 is 0 Å². The van der Waals surface area contributed by atoms with Crippen LogP contribution in [0.2, 0.25) is 0 Å². The second-order valence-corrected chi connectivity index (χ2v) is 9.21. The normalized spacial score (nSPS) is 28.3. The Morgan fingerprint density at radius 2 is 1.70 bits per heavy atom. The van der Waals surface area contributed by atoms with Crippen molar-refractivity contribution in [2.24, 2.45) is 17.8 Å². The van der Waals surface area contributed by atoms with Gasteiger partial charge in [-0.15, -0.1) is 0 Å². The maximum Gasteiger partial charge on any atom is 0.222 e. The topological polar surface area (TPSA) is 49.3 Å². The second-order valence-electron chi connectivity index (χ2n) is 9.21. The van der Waals surface area contributed by atoms with Gasteiger partial charge < -0.3 is 9.80 Å². The number of likely N-dealkylation sites (tertiary alicyclic amines) is 1. The summed E-state index contributed by atoms with van der Waals surface area (Å²) in [6, 6.07) is 0. The van der Waals surface area contributed by atoms with Crippen LogP contribution in [0.5, 0.6) is 0 Å². The third-order valence-corrected chi connectivity index (χ3v) is 7.56. The zero-order chi connectivity index (χ0) is 18.2. The Labute approximate surface area is 162 Å². The highest BCUT2D eigenvalue weighted by Crippen LogP contribution is 2.38. The number of aromatic nitrogens is 2. The molecule has 2 aliphatic carbocycles. The molecule has 3 fully saturated rings. The molecule has 1 aromatic heterocycles. The van der Waals surface area contributed by atoms with Crippen molar-refractivity contribution in [3.63, 3.8) is 0 Å². The number of piperidine rings is 1. The van der Waals surface area contributed by atoms with E-state index in [0.717, 1.165) is 70.1 Å². The molecule has 0 bridgehead atoms. The van der Waals surface area contributed by atoms with Gasteiger partial charge in [0.25, 0.3) is 0 Å². The fourth-order valence-corrected chi connectivity index (χ4v) is 5.94. The number of carbonyl (C=O) groups is 1. The molecule has 1 amide bonds. The number of hydrogen-bond donors (Lipinski definition) is 0. The number of rotatable bonds is 3. The Morgan fingerprint density at radius 1 is 0.963 bits per heavy atom. The molecule has 2 aliphatic heterocycles. The maximum atomic E-state index is 12.8. The van der Waals surface area contributed by atoms with Crippen molar-refractivity contribution in [3.05, 3.63) is 17.6 Å². The molecule has 5 heteroatoms. The highest BCUT2D eigenvalue weighted by atomic mass is 16.2. The van der Waals surface area contributed by atoms with Crippen molar-refractivity contribution in [2.45, 2.75) is 64.2 Å². The quantitative estimate of drug-likeness (QED) is 0.822. The van der Waals surface area contributed by atoms with Crippen LogP contribution in [0.25, 0.3) is 0 Å². The van der Waals surface area contributed by atoms with E-state index in [1.807, 2.05) is 0 Å². The zero-order valence-electron chi connectivity index (χ0n) is 16.4. The van der Waals surface area contributed by atoms with E-state index in [4.69, 9.17) is 0 Å².